The first kappa shape index (κ1) is 13.8. The van der Waals surface area contributed by atoms with Gasteiger partial charge in [-0.3, -0.25) is 0 Å². The molecule has 5 nitrogen and oxygen atoms in total. The van der Waals surface area contributed by atoms with Gasteiger partial charge in [-0.25, -0.2) is 4.79 Å². The van der Waals surface area contributed by atoms with Crippen LogP contribution in [0.15, 0.2) is 12.1 Å². The van der Waals surface area contributed by atoms with Crippen molar-refractivity contribution in [2.24, 2.45) is 0 Å². The lowest BCUT2D eigenvalue weighted by Gasteiger charge is -2.35. The lowest BCUT2D eigenvalue weighted by atomic mass is 10.0. The van der Waals surface area contributed by atoms with Crippen LogP contribution in [0.3, 0.4) is 0 Å². The molecular weight excluding hydrogens is 242 g/mol. The number of carbonyl (C=O) groups is 1. The third-order valence-corrected chi connectivity index (χ3v) is 3.53. The van der Waals surface area contributed by atoms with Gasteiger partial charge in [0, 0.05) is 12.6 Å². The van der Waals surface area contributed by atoms with Gasteiger partial charge in [0.2, 0.25) is 0 Å². The van der Waals surface area contributed by atoms with Crippen LogP contribution in [0.5, 0.6) is 0 Å². The van der Waals surface area contributed by atoms with Crippen LogP contribution in [-0.4, -0.2) is 35.4 Å². The molecule has 104 valence electrons. The molecule has 0 saturated carbocycles. The Balaban J connectivity index is 2.10. The zero-order valence-corrected chi connectivity index (χ0v) is 11.6. The Hall–Kier alpha value is -1.65. The Bertz CT molecular complexity index is 419. The fourth-order valence-electron chi connectivity index (χ4n) is 2.52. The van der Waals surface area contributed by atoms with E-state index in [0.29, 0.717) is 12.6 Å². The summed E-state index contributed by atoms with van der Waals surface area (Å²) in [5, 5.41) is 8.15. The number of hydrogen-bond donors (Lipinski definition) is 0. The second-order valence-electron chi connectivity index (χ2n) is 4.75. The molecule has 0 amide bonds. The fourth-order valence-corrected chi connectivity index (χ4v) is 2.52. The Labute approximate surface area is 114 Å². The molecule has 2 rings (SSSR count). The summed E-state index contributed by atoms with van der Waals surface area (Å²) in [5.74, 6) is 0.451. The first-order valence-electron chi connectivity index (χ1n) is 7.03. The van der Waals surface area contributed by atoms with Crippen LogP contribution in [0.2, 0.25) is 0 Å². The molecule has 1 saturated heterocycles. The summed E-state index contributed by atoms with van der Waals surface area (Å²) < 4.78 is 4.90. The lowest BCUT2D eigenvalue weighted by Crippen LogP contribution is -2.39. The Morgan fingerprint density at radius 2 is 2.21 bits per heavy atom. The molecule has 1 fully saturated rings. The van der Waals surface area contributed by atoms with Crippen LogP contribution in [0.4, 0.5) is 5.82 Å². The highest BCUT2D eigenvalue weighted by molar-refractivity contribution is 5.87. The van der Waals surface area contributed by atoms with E-state index in [-0.39, 0.29) is 5.69 Å². The van der Waals surface area contributed by atoms with Crippen LogP contribution in [0.1, 0.15) is 50.0 Å². The Morgan fingerprint density at radius 3 is 2.84 bits per heavy atom. The SMILES string of the molecule is CCOC(=O)c1ccc(N2CCCC[C@H]2CC)nn1. The third-order valence-electron chi connectivity index (χ3n) is 3.53. The van der Waals surface area contributed by atoms with Crippen LogP contribution >= 0.6 is 0 Å². The van der Waals surface area contributed by atoms with Crippen molar-refractivity contribution in [2.45, 2.75) is 45.6 Å². The van der Waals surface area contributed by atoms with Gasteiger partial charge in [-0.2, -0.15) is 0 Å². The second kappa shape index (κ2) is 6.50. The molecule has 1 aromatic rings. The van der Waals surface area contributed by atoms with Gasteiger partial charge < -0.3 is 9.64 Å². The van der Waals surface area contributed by atoms with Crippen LogP contribution < -0.4 is 4.90 Å². The van der Waals surface area contributed by atoms with Crippen molar-refractivity contribution in [3.8, 4) is 0 Å². The van der Waals surface area contributed by atoms with Crippen molar-refractivity contribution in [2.75, 3.05) is 18.1 Å². The minimum atomic E-state index is -0.410. The first-order chi connectivity index (χ1) is 9.26. The largest absolute Gasteiger partial charge is 0.461 e. The van der Waals surface area contributed by atoms with E-state index in [1.54, 1.807) is 13.0 Å². The molecule has 0 radical (unpaired) electrons. The molecule has 0 bridgehead atoms. The molecule has 19 heavy (non-hydrogen) atoms. The van der Waals surface area contributed by atoms with Crippen LogP contribution in [-0.2, 0) is 4.74 Å². The van der Waals surface area contributed by atoms with E-state index < -0.39 is 5.97 Å². The van der Waals surface area contributed by atoms with E-state index in [1.165, 1.54) is 19.3 Å². The molecule has 0 aromatic carbocycles. The molecule has 1 aromatic heterocycles. The van der Waals surface area contributed by atoms with Gasteiger partial charge in [0.25, 0.3) is 0 Å². The van der Waals surface area contributed by atoms with Crippen LogP contribution in [0, 0.1) is 0 Å². The number of esters is 1. The van der Waals surface area contributed by atoms with Gasteiger partial charge in [-0.15, -0.1) is 10.2 Å². The highest BCUT2D eigenvalue weighted by Crippen LogP contribution is 2.24. The molecule has 0 aliphatic carbocycles. The maximum absolute atomic E-state index is 11.5. The number of carbonyl (C=O) groups excluding carboxylic acids is 1. The van der Waals surface area contributed by atoms with E-state index in [1.807, 2.05) is 6.07 Å². The summed E-state index contributed by atoms with van der Waals surface area (Å²) in [4.78, 5) is 13.8. The monoisotopic (exact) mass is 263 g/mol. The van der Waals surface area contributed by atoms with E-state index in [0.717, 1.165) is 18.8 Å². The zero-order chi connectivity index (χ0) is 13.7. The van der Waals surface area contributed by atoms with E-state index in [9.17, 15) is 4.79 Å². The van der Waals surface area contributed by atoms with Crippen LogP contribution in [0.25, 0.3) is 0 Å². The van der Waals surface area contributed by atoms with E-state index >= 15 is 0 Å². The quantitative estimate of drug-likeness (QED) is 0.781. The van der Waals surface area contributed by atoms with Gasteiger partial charge in [0.05, 0.1) is 6.61 Å². The standard InChI is InChI=1S/C14H21N3O2/c1-3-11-7-5-6-10-17(11)13-9-8-12(15-16-13)14(18)19-4-2/h8-9,11H,3-7,10H2,1-2H3/t11-/m1/s1. The zero-order valence-electron chi connectivity index (χ0n) is 11.6. The molecule has 0 N–H and O–H groups in total. The van der Waals surface area contributed by atoms with Gasteiger partial charge in [-0.05, 0) is 44.7 Å². The third kappa shape index (κ3) is 3.22. The summed E-state index contributed by atoms with van der Waals surface area (Å²) in [5.41, 5.74) is 0.274. The van der Waals surface area contributed by atoms with Gasteiger partial charge in [-0.1, -0.05) is 6.92 Å². The van der Waals surface area contributed by atoms with Gasteiger partial charge in [0.15, 0.2) is 11.5 Å². The van der Waals surface area contributed by atoms with Crippen molar-refractivity contribution in [1.82, 2.24) is 10.2 Å². The van der Waals surface area contributed by atoms with Crippen molar-refractivity contribution >= 4 is 11.8 Å². The number of anilines is 1. The normalized spacial score (nSPS) is 19.3. The summed E-state index contributed by atoms with van der Waals surface area (Å²) in [6.07, 6.45) is 4.79. The van der Waals surface area contributed by atoms with Gasteiger partial charge in [0.1, 0.15) is 0 Å². The summed E-state index contributed by atoms with van der Waals surface area (Å²) in [7, 11) is 0. The Morgan fingerprint density at radius 1 is 1.37 bits per heavy atom. The molecule has 1 atom stereocenters. The lowest BCUT2D eigenvalue weighted by molar-refractivity contribution is 0.0518. The summed E-state index contributed by atoms with van der Waals surface area (Å²) in [6, 6.07) is 4.10. The van der Waals surface area contributed by atoms with Crippen molar-refractivity contribution in [3.05, 3.63) is 17.8 Å². The molecule has 2 heterocycles. The average molecular weight is 263 g/mol. The van der Waals surface area contributed by atoms with Gasteiger partial charge >= 0.3 is 5.97 Å². The maximum Gasteiger partial charge on any atom is 0.358 e. The van der Waals surface area contributed by atoms with Crippen molar-refractivity contribution in [1.29, 1.82) is 0 Å². The molecule has 0 unspecified atom stereocenters. The summed E-state index contributed by atoms with van der Waals surface area (Å²) >= 11 is 0. The highest BCUT2D eigenvalue weighted by Gasteiger charge is 2.22. The molecular formula is C14H21N3O2. The molecule has 0 spiro atoms. The number of hydrogen-bond acceptors (Lipinski definition) is 5. The summed E-state index contributed by atoms with van der Waals surface area (Å²) in [6.45, 7) is 5.35. The van der Waals surface area contributed by atoms with E-state index in [2.05, 4.69) is 22.0 Å². The number of nitrogens with zero attached hydrogens (tertiary/aromatic N) is 3. The number of ether oxygens (including phenoxy) is 1. The molecule has 5 heteroatoms. The predicted molar refractivity (Wildman–Crippen MR) is 73.3 cm³/mol. The predicted octanol–water partition coefficient (Wildman–Crippen LogP) is 2.42. The van der Waals surface area contributed by atoms with E-state index in [4.69, 9.17) is 4.74 Å². The fraction of sp³-hybridized carbons (Fsp3) is 0.643. The average Bonchev–Trinajstić information content (AvgIpc) is 2.47. The number of piperidine rings is 1. The van der Waals surface area contributed by atoms with Crippen molar-refractivity contribution < 1.29 is 9.53 Å². The second-order valence-corrected chi connectivity index (χ2v) is 4.75. The van der Waals surface area contributed by atoms with Crippen molar-refractivity contribution in [3.63, 3.8) is 0 Å². The topological polar surface area (TPSA) is 55.3 Å². The Kier molecular flexibility index (Phi) is 4.71. The minimum Gasteiger partial charge on any atom is -0.461 e. The molecule has 1 aliphatic heterocycles. The smallest absolute Gasteiger partial charge is 0.358 e. The molecule has 1 aliphatic rings. The first-order valence-corrected chi connectivity index (χ1v) is 7.03. The highest BCUT2D eigenvalue weighted by atomic mass is 16.5. The number of rotatable bonds is 4. The number of aromatic nitrogens is 2. The minimum absolute atomic E-state index is 0.274. The maximum atomic E-state index is 11.5.